The molecule has 2 aliphatic rings. The Morgan fingerprint density at radius 1 is 0.861 bits per heavy atom. The highest BCUT2D eigenvalue weighted by Crippen LogP contribution is 2.52. The van der Waals surface area contributed by atoms with Crippen molar-refractivity contribution in [2.75, 3.05) is 25.5 Å². The molecule has 1 atom stereocenters. The number of nitrogens with zero attached hydrogens (tertiary/aromatic N) is 2. The highest BCUT2D eigenvalue weighted by molar-refractivity contribution is 6.00. The number of amides is 1. The molecule has 5 nitrogen and oxygen atoms in total. The Hall–Kier alpha value is -3.28. The maximum atomic E-state index is 13.1. The third kappa shape index (κ3) is 4.38. The van der Waals surface area contributed by atoms with Crippen LogP contribution in [-0.4, -0.2) is 42.3 Å². The standard InChI is InChI=1S/C31H34N2O3/c1-32(2)31(25-11-7-4-8-12-25)19-17-30(18-20-31)21-27(34)33(22-30)26-15-13-24(14-16-26)29(36)28(35)23-9-5-3-6-10-23/h3-16,29,36H,17-22H2,1-2H3/t29?,30-,31-. The van der Waals surface area contributed by atoms with E-state index in [1.54, 1.807) is 36.4 Å². The second kappa shape index (κ2) is 9.64. The molecule has 1 unspecified atom stereocenters. The molecule has 1 saturated heterocycles. The third-order valence-electron chi connectivity index (χ3n) is 8.45. The van der Waals surface area contributed by atoms with Crippen molar-refractivity contribution in [1.82, 2.24) is 4.90 Å². The van der Waals surface area contributed by atoms with E-state index >= 15 is 0 Å². The molecule has 36 heavy (non-hydrogen) atoms. The number of carbonyl (C=O) groups excluding carboxylic acids is 2. The van der Waals surface area contributed by atoms with Crippen LogP contribution in [0.1, 0.15) is 59.7 Å². The van der Waals surface area contributed by atoms with Crippen LogP contribution in [0.2, 0.25) is 0 Å². The van der Waals surface area contributed by atoms with Gasteiger partial charge in [0.15, 0.2) is 5.78 Å². The van der Waals surface area contributed by atoms with Crippen molar-refractivity contribution < 1.29 is 14.7 Å². The van der Waals surface area contributed by atoms with Gasteiger partial charge in [0.05, 0.1) is 0 Å². The van der Waals surface area contributed by atoms with Crippen LogP contribution in [0.25, 0.3) is 0 Å². The van der Waals surface area contributed by atoms with Crippen LogP contribution in [0.15, 0.2) is 84.9 Å². The van der Waals surface area contributed by atoms with E-state index in [9.17, 15) is 14.7 Å². The first-order chi connectivity index (χ1) is 17.3. The van der Waals surface area contributed by atoms with Crippen LogP contribution in [-0.2, 0) is 10.3 Å². The Balaban J connectivity index is 1.29. The van der Waals surface area contributed by atoms with Crippen molar-refractivity contribution in [3.63, 3.8) is 0 Å². The lowest BCUT2D eigenvalue weighted by Crippen LogP contribution is -2.47. The molecule has 1 N–H and O–H groups in total. The van der Waals surface area contributed by atoms with Crippen molar-refractivity contribution in [2.45, 2.75) is 43.7 Å². The van der Waals surface area contributed by atoms with Crippen LogP contribution in [0.5, 0.6) is 0 Å². The summed E-state index contributed by atoms with van der Waals surface area (Å²) in [4.78, 5) is 30.0. The summed E-state index contributed by atoms with van der Waals surface area (Å²) in [6.45, 7) is 0.717. The molecule has 1 amide bonds. The lowest BCUT2D eigenvalue weighted by atomic mass is 9.64. The first-order valence-electron chi connectivity index (χ1n) is 12.7. The Morgan fingerprint density at radius 2 is 1.44 bits per heavy atom. The number of hydrogen-bond donors (Lipinski definition) is 1. The maximum absolute atomic E-state index is 13.1. The van der Waals surface area contributed by atoms with Gasteiger partial charge in [0.2, 0.25) is 5.91 Å². The van der Waals surface area contributed by atoms with Gasteiger partial charge >= 0.3 is 0 Å². The van der Waals surface area contributed by atoms with E-state index in [4.69, 9.17) is 0 Å². The smallest absolute Gasteiger partial charge is 0.227 e. The van der Waals surface area contributed by atoms with Crippen molar-refractivity contribution in [2.24, 2.45) is 5.41 Å². The van der Waals surface area contributed by atoms with Crippen molar-refractivity contribution in [3.05, 3.63) is 102 Å². The zero-order valence-corrected chi connectivity index (χ0v) is 21.1. The number of ketones is 1. The molecule has 0 aromatic heterocycles. The van der Waals surface area contributed by atoms with E-state index in [0.717, 1.165) is 37.9 Å². The van der Waals surface area contributed by atoms with Gasteiger partial charge in [-0.15, -0.1) is 0 Å². The monoisotopic (exact) mass is 482 g/mol. The number of Topliss-reactive ketones (excluding diaryl/α,β-unsaturated/α-hetero) is 1. The van der Waals surface area contributed by atoms with Gasteiger partial charge in [-0.1, -0.05) is 72.8 Å². The second-order valence-electron chi connectivity index (χ2n) is 10.7. The van der Waals surface area contributed by atoms with Crippen molar-refractivity contribution >= 4 is 17.4 Å². The quantitative estimate of drug-likeness (QED) is 0.481. The van der Waals surface area contributed by atoms with Crippen molar-refractivity contribution in [3.8, 4) is 0 Å². The van der Waals surface area contributed by atoms with Crippen molar-refractivity contribution in [1.29, 1.82) is 0 Å². The molecule has 0 radical (unpaired) electrons. The van der Waals surface area contributed by atoms with E-state index < -0.39 is 6.10 Å². The predicted octanol–water partition coefficient (Wildman–Crippen LogP) is 5.36. The van der Waals surface area contributed by atoms with E-state index in [1.165, 1.54) is 5.56 Å². The number of carbonyl (C=O) groups is 2. The van der Waals surface area contributed by atoms with Gasteiger partial charge in [-0.05, 0) is 68.5 Å². The summed E-state index contributed by atoms with van der Waals surface area (Å²) >= 11 is 0. The van der Waals surface area contributed by atoms with Gasteiger partial charge in [0.1, 0.15) is 6.10 Å². The first kappa shape index (κ1) is 24.4. The average Bonchev–Trinajstić information content (AvgIpc) is 3.24. The number of aliphatic hydroxyl groups is 1. The molecule has 1 aliphatic carbocycles. The van der Waals surface area contributed by atoms with Crippen LogP contribution in [0, 0.1) is 5.41 Å². The largest absolute Gasteiger partial charge is 0.380 e. The Labute approximate surface area is 213 Å². The molecule has 1 aliphatic heterocycles. The first-order valence-corrected chi connectivity index (χ1v) is 12.7. The average molecular weight is 483 g/mol. The minimum Gasteiger partial charge on any atom is -0.380 e. The zero-order valence-electron chi connectivity index (χ0n) is 21.1. The summed E-state index contributed by atoms with van der Waals surface area (Å²) in [7, 11) is 4.32. The molecule has 5 rings (SSSR count). The molecular weight excluding hydrogens is 448 g/mol. The Morgan fingerprint density at radius 3 is 2.03 bits per heavy atom. The van der Waals surface area contributed by atoms with Gasteiger partial charge in [-0.25, -0.2) is 0 Å². The van der Waals surface area contributed by atoms with Gasteiger partial charge in [0.25, 0.3) is 0 Å². The zero-order chi connectivity index (χ0) is 25.3. The fraction of sp³-hybridized carbons (Fsp3) is 0.355. The van der Waals surface area contributed by atoms with E-state index in [0.29, 0.717) is 17.5 Å². The summed E-state index contributed by atoms with van der Waals surface area (Å²) in [5.74, 6) is -0.176. The molecule has 1 spiro atoms. The molecule has 5 heteroatoms. The lowest BCUT2D eigenvalue weighted by Gasteiger charge is -2.48. The summed E-state index contributed by atoms with van der Waals surface area (Å²) in [6.07, 6.45) is 3.41. The number of anilines is 1. The van der Waals surface area contributed by atoms with Gasteiger partial charge in [-0.3, -0.25) is 14.5 Å². The minimum absolute atomic E-state index is 0.00601. The van der Waals surface area contributed by atoms with Crippen LogP contribution < -0.4 is 4.90 Å². The molecule has 0 bridgehead atoms. The predicted molar refractivity (Wildman–Crippen MR) is 142 cm³/mol. The van der Waals surface area contributed by atoms with Gasteiger partial charge in [-0.2, -0.15) is 0 Å². The second-order valence-corrected chi connectivity index (χ2v) is 10.7. The SMILES string of the molecule is CN(C)[C@]1(c2ccccc2)CC[C@@]2(CC1)CC(=O)N(c1ccc(C(O)C(=O)c3ccccc3)cc1)C2. The molecule has 3 aromatic carbocycles. The van der Waals surface area contributed by atoms with E-state index in [-0.39, 0.29) is 22.6 Å². The number of rotatable bonds is 6. The Bertz CT molecular complexity index is 1210. The topological polar surface area (TPSA) is 60.9 Å². The van der Waals surface area contributed by atoms with Gasteiger partial charge in [0, 0.05) is 29.8 Å². The minimum atomic E-state index is -1.22. The fourth-order valence-electron chi connectivity index (χ4n) is 6.15. The normalized spacial score (nSPS) is 24.9. The summed E-state index contributed by atoms with van der Waals surface area (Å²) < 4.78 is 0. The van der Waals surface area contributed by atoms with Crippen LogP contribution in [0.3, 0.4) is 0 Å². The van der Waals surface area contributed by atoms with Gasteiger partial charge < -0.3 is 10.0 Å². The molecule has 2 fully saturated rings. The Kier molecular flexibility index (Phi) is 6.54. The molecule has 186 valence electrons. The van der Waals surface area contributed by atoms with Crippen LogP contribution >= 0.6 is 0 Å². The highest BCUT2D eigenvalue weighted by atomic mass is 16.3. The van der Waals surface area contributed by atoms with E-state index in [2.05, 4.69) is 49.3 Å². The molecule has 3 aromatic rings. The molecule has 1 saturated carbocycles. The number of aliphatic hydroxyl groups excluding tert-OH is 1. The lowest BCUT2D eigenvalue weighted by molar-refractivity contribution is -0.118. The highest BCUT2D eigenvalue weighted by Gasteiger charge is 2.50. The molecular formula is C31H34N2O3. The van der Waals surface area contributed by atoms with E-state index in [1.807, 2.05) is 23.1 Å². The molecule has 1 heterocycles. The third-order valence-corrected chi connectivity index (χ3v) is 8.45. The maximum Gasteiger partial charge on any atom is 0.227 e. The number of hydrogen-bond acceptors (Lipinski definition) is 4. The number of benzene rings is 3. The fourth-order valence-corrected chi connectivity index (χ4v) is 6.15. The van der Waals surface area contributed by atoms with Crippen LogP contribution in [0.4, 0.5) is 5.69 Å². The summed E-state index contributed by atoms with van der Waals surface area (Å²) in [6, 6.07) is 26.8. The summed E-state index contributed by atoms with van der Waals surface area (Å²) in [5, 5.41) is 10.6. The summed E-state index contributed by atoms with van der Waals surface area (Å²) in [5.41, 5.74) is 3.19.